The van der Waals surface area contributed by atoms with Crippen molar-refractivity contribution >= 4 is 23.2 Å². The summed E-state index contributed by atoms with van der Waals surface area (Å²) in [6, 6.07) is 2.36. The zero-order valence-corrected chi connectivity index (χ0v) is 11.6. The molecule has 0 radical (unpaired) electrons. The number of likely N-dealkylation sites (tertiary alicyclic amines) is 1. The highest BCUT2D eigenvalue weighted by atomic mass is 32.1. The van der Waals surface area contributed by atoms with E-state index < -0.39 is 0 Å². The van der Waals surface area contributed by atoms with Gasteiger partial charge in [0, 0.05) is 19.5 Å². The Balaban J connectivity index is 1.70. The summed E-state index contributed by atoms with van der Waals surface area (Å²) in [4.78, 5) is 25.8. The van der Waals surface area contributed by atoms with Crippen molar-refractivity contribution in [3.8, 4) is 0 Å². The van der Waals surface area contributed by atoms with Gasteiger partial charge in [0.05, 0.1) is 12.0 Å². The van der Waals surface area contributed by atoms with Gasteiger partial charge in [-0.15, -0.1) is 0 Å². The Labute approximate surface area is 116 Å². The number of carbonyl (C=O) groups excluding carboxylic acids is 2. The third kappa shape index (κ3) is 2.52. The molecular weight excluding hydrogens is 260 g/mol. The smallest absolute Gasteiger partial charge is 0.227 e. The minimum absolute atomic E-state index is 0.0306. The molecule has 19 heavy (non-hydrogen) atoms. The zero-order chi connectivity index (χ0) is 13.2. The lowest BCUT2D eigenvalue weighted by molar-refractivity contribution is -0.138. The van der Waals surface area contributed by atoms with Crippen LogP contribution < -0.4 is 5.32 Å². The molecule has 2 aliphatic heterocycles. The standard InChI is InChI=1S/C14H18N2O2S/c17-13-4-3-10(8-15-13)14(18)16-6-1-2-12(16)11-5-7-19-9-11/h5,7,9-10,12H,1-4,6,8H2,(H,15,17). The first-order chi connectivity index (χ1) is 9.25. The van der Waals surface area contributed by atoms with Crippen LogP contribution in [0.4, 0.5) is 0 Å². The van der Waals surface area contributed by atoms with Gasteiger partial charge >= 0.3 is 0 Å². The maximum absolute atomic E-state index is 12.6. The summed E-state index contributed by atoms with van der Waals surface area (Å²) >= 11 is 1.68. The minimum Gasteiger partial charge on any atom is -0.355 e. The Kier molecular flexibility index (Phi) is 3.55. The molecule has 102 valence electrons. The fraction of sp³-hybridized carbons (Fsp3) is 0.571. The fourth-order valence-electron chi connectivity index (χ4n) is 3.02. The number of piperidine rings is 1. The average molecular weight is 278 g/mol. The van der Waals surface area contributed by atoms with E-state index in [1.165, 1.54) is 5.56 Å². The molecule has 0 aromatic carbocycles. The number of carbonyl (C=O) groups is 2. The second kappa shape index (κ2) is 5.33. The van der Waals surface area contributed by atoms with Gasteiger partial charge < -0.3 is 10.2 Å². The maximum Gasteiger partial charge on any atom is 0.227 e. The Hall–Kier alpha value is -1.36. The van der Waals surface area contributed by atoms with Crippen molar-refractivity contribution in [1.29, 1.82) is 0 Å². The number of hydrogen-bond donors (Lipinski definition) is 1. The second-order valence-corrected chi connectivity index (χ2v) is 6.07. The van der Waals surface area contributed by atoms with Crippen molar-refractivity contribution in [3.05, 3.63) is 22.4 Å². The van der Waals surface area contributed by atoms with Gasteiger partial charge in [-0.05, 0) is 41.7 Å². The van der Waals surface area contributed by atoms with Crippen molar-refractivity contribution in [1.82, 2.24) is 10.2 Å². The maximum atomic E-state index is 12.6. The molecule has 3 heterocycles. The van der Waals surface area contributed by atoms with Gasteiger partial charge in [0.2, 0.25) is 11.8 Å². The Morgan fingerprint density at radius 3 is 3.00 bits per heavy atom. The SMILES string of the molecule is O=C1CCC(C(=O)N2CCCC2c2ccsc2)CN1. The second-order valence-electron chi connectivity index (χ2n) is 5.29. The van der Waals surface area contributed by atoms with Gasteiger partial charge in [0.1, 0.15) is 0 Å². The summed E-state index contributed by atoms with van der Waals surface area (Å²) in [6.45, 7) is 1.36. The van der Waals surface area contributed by atoms with E-state index in [1.54, 1.807) is 11.3 Å². The molecular formula is C14H18N2O2S. The number of nitrogens with one attached hydrogen (secondary N) is 1. The Morgan fingerprint density at radius 2 is 2.32 bits per heavy atom. The first-order valence-electron chi connectivity index (χ1n) is 6.85. The minimum atomic E-state index is -0.0306. The molecule has 2 fully saturated rings. The van der Waals surface area contributed by atoms with Crippen molar-refractivity contribution < 1.29 is 9.59 Å². The van der Waals surface area contributed by atoms with Crippen LogP contribution in [-0.4, -0.2) is 29.8 Å². The van der Waals surface area contributed by atoms with E-state index >= 15 is 0 Å². The first kappa shape index (κ1) is 12.7. The molecule has 0 saturated carbocycles. The number of hydrogen-bond acceptors (Lipinski definition) is 3. The van der Waals surface area contributed by atoms with Crippen LogP contribution >= 0.6 is 11.3 Å². The zero-order valence-electron chi connectivity index (χ0n) is 10.8. The van der Waals surface area contributed by atoms with Gasteiger partial charge in [-0.3, -0.25) is 9.59 Å². The van der Waals surface area contributed by atoms with E-state index in [9.17, 15) is 9.59 Å². The highest BCUT2D eigenvalue weighted by Crippen LogP contribution is 2.34. The molecule has 1 aromatic rings. The van der Waals surface area contributed by atoms with Crippen LogP contribution in [0.5, 0.6) is 0 Å². The van der Waals surface area contributed by atoms with Crippen LogP contribution in [0.2, 0.25) is 0 Å². The molecule has 2 amide bonds. The lowest BCUT2D eigenvalue weighted by atomic mass is 9.97. The molecule has 2 atom stereocenters. The predicted molar refractivity (Wildman–Crippen MR) is 73.7 cm³/mol. The monoisotopic (exact) mass is 278 g/mol. The summed E-state index contributed by atoms with van der Waals surface area (Å²) in [5.74, 6) is 0.255. The molecule has 5 heteroatoms. The predicted octanol–water partition coefficient (Wildman–Crippen LogP) is 1.94. The fourth-order valence-corrected chi connectivity index (χ4v) is 3.73. The van der Waals surface area contributed by atoms with E-state index in [1.807, 2.05) is 4.90 Å². The van der Waals surface area contributed by atoms with Crippen LogP contribution in [-0.2, 0) is 9.59 Å². The number of nitrogens with zero attached hydrogens (tertiary/aromatic N) is 1. The van der Waals surface area contributed by atoms with E-state index in [2.05, 4.69) is 22.1 Å². The highest BCUT2D eigenvalue weighted by molar-refractivity contribution is 7.07. The normalized spacial score (nSPS) is 27.4. The lowest BCUT2D eigenvalue weighted by Crippen LogP contribution is -2.44. The molecule has 0 aliphatic carbocycles. The Bertz CT molecular complexity index is 462. The van der Waals surface area contributed by atoms with E-state index in [0.717, 1.165) is 19.4 Å². The van der Waals surface area contributed by atoms with Crippen molar-refractivity contribution in [3.63, 3.8) is 0 Å². The molecule has 4 nitrogen and oxygen atoms in total. The molecule has 2 saturated heterocycles. The third-order valence-electron chi connectivity index (χ3n) is 4.08. The van der Waals surface area contributed by atoms with Gasteiger partial charge in [-0.2, -0.15) is 11.3 Å². The third-order valence-corrected chi connectivity index (χ3v) is 4.78. The summed E-state index contributed by atoms with van der Waals surface area (Å²) in [6.07, 6.45) is 3.30. The van der Waals surface area contributed by atoms with Gasteiger partial charge in [-0.1, -0.05) is 0 Å². The van der Waals surface area contributed by atoms with Crippen LogP contribution in [0.15, 0.2) is 16.8 Å². The summed E-state index contributed by atoms with van der Waals surface area (Å²) < 4.78 is 0. The molecule has 1 N–H and O–H groups in total. The van der Waals surface area contributed by atoms with Gasteiger partial charge in [0.25, 0.3) is 0 Å². The van der Waals surface area contributed by atoms with Crippen LogP contribution in [0.25, 0.3) is 0 Å². The van der Waals surface area contributed by atoms with Crippen LogP contribution in [0, 0.1) is 5.92 Å². The quantitative estimate of drug-likeness (QED) is 0.898. The van der Waals surface area contributed by atoms with E-state index in [-0.39, 0.29) is 23.8 Å². The Morgan fingerprint density at radius 1 is 1.42 bits per heavy atom. The van der Waals surface area contributed by atoms with Crippen LogP contribution in [0.1, 0.15) is 37.3 Å². The first-order valence-corrected chi connectivity index (χ1v) is 7.79. The highest BCUT2D eigenvalue weighted by Gasteiger charge is 2.35. The average Bonchev–Trinajstić information content (AvgIpc) is 3.09. The van der Waals surface area contributed by atoms with Gasteiger partial charge in [0.15, 0.2) is 0 Å². The van der Waals surface area contributed by atoms with Crippen molar-refractivity contribution in [2.24, 2.45) is 5.92 Å². The molecule has 0 bridgehead atoms. The molecule has 3 rings (SSSR count). The number of amides is 2. The van der Waals surface area contributed by atoms with Crippen LogP contribution in [0.3, 0.4) is 0 Å². The lowest BCUT2D eigenvalue weighted by Gasteiger charge is -2.30. The molecule has 0 spiro atoms. The van der Waals surface area contributed by atoms with Crippen molar-refractivity contribution in [2.45, 2.75) is 31.7 Å². The molecule has 2 unspecified atom stereocenters. The summed E-state index contributed by atoms with van der Waals surface area (Å²) in [5.41, 5.74) is 1.26. The number of rotatable bonds is 2. The van der Waals surface area contributed by atoms with E-state index in [0.29, 0.717) is 19.4 Å². The number of thiophene rings is 1. The van der Waals surface area contributed by atoms with Crippen molar-refractivity contribution in [2.75, 3.05) is 13.1 Å². The van der Waals surface area contributed by atoms with E-state index in [4.69, 9.17) is 0 Å². The van der Waals surface area contributed by atoms with Gasteiger partial charge in [-0.25, -0.2) is 0 Å². The summed E-state index contributed by atoms with van der Waals surface area (Å²) in [7, 11) is 0. The molecule has 1 aromatic heterocycles. The topological polar surface area (TPSA) is 49.4 Å². The summed E-state index contributed by atoms with van der Waals surface area (Å²) in [5, 5.41) is 7.01. The largest absolute Gasteiger partial charge is 0.355 e. The molecule has 2 aliphatic rings.